The molecule has 5 heteroatoms. The van der Waals surface area contributed by atoms with E-state index < -0.39 is 0 Å². The lowest BCUT2D eigenvalue weighted by molar-refractivity contribution is 0.102. The first-order valence-electron chi connectivity index (χ1n) is 6.49. The Morgan fingerprint density at radius 1 is 1.10 bits per heavy atom. The molecule has 0 unspecified atom stereocenters. The summed E-state index contributed by atoms with van der Waals surface area (Å²) in [7, 11) is 0. The topological polar surface area (TPSA) is 68.0 Å². The largest absolute Gasteiger partial charge is 0.441 e. The summed E-state index contributed by atoms with van der Waals surface area (Å²) >= 11 is 0. The van der Waals surface area contributed by atoms with E-state index in [-0.39, 0.29) is 11.6 Å². The number of benzene rings is 1. The molecule has 0 atom stereocenters. The van der Waals surface area contributed by atoms with Gasteiger partial charge in [-0.1, -0.05) is 24.3 Å². The van der Waals surface area contributed by atoms with Crippen molar-refractivity contribution in [2.45, 2.75) is 6.92 Å². The number of nitrogens with zero attached hydrogens (tertiary/aromatic N) is 2. The van der Waals surface area contributed by atoms with Gasteiger partial charge in [0.25, 0.3) is 5.91 Å². The van der Waals surface area contributed by atoms with E-state index in [2.05, 4.69) is 15.3 Å². The molecule has 1 N–H and O–H groups in total. The molecule has 3 aromatic rings. The summed E-state index contributed by atoms with van der Waals surface area (Å²) in [6, 6.07) is 14.8. The zero-order valence-electron chi connectivity index (χ0n) is 11.4. The number of anilines is 1. The van der Waals surface area contributed by atoms with Crippen molar-refractivity contribution in [3.05, 3.63) is 66.2 Å². The molecular weight excluding hydrogens is 266 g/mol. The average Bonchev–Trinajstić information content (AvgIpc) is 2.91. The van der Waals surface area contributed by atoms with Crippen LogP contribution in [0.4, 0.5) is 5.82 Å². The Hall–Kier alpha value is -2.95. The fraction of sp³-hybridized carbons (Fsp3) is 0.0625. The van der Waals surface area contributed by atoms with Crippen molar-refractivity contribution >= 4 is 11.7 Å². The van der Waals surface area contributed by atoms with Crippen molar-refractivity contribution in [1.82, 2.24) is 9.97 Å². The summed E-state index contributed by atoms with van der Waals surface area (Å²) in [5.74, 6) is 1.05. The van der Waals surface area contributed by atoms with Gasteiger partial charge in [-0.15, -0.1) is 0 Å². The van der Waals surface area contributed by atoms with Crippen LogP contribution < -0.4 is 5.32 Å². The van der Waals surface area contributed by atoms with Crippen molar-refractivity contribution in [3.8, 4) is 11.5 Å². The number of carbonyl (C=O) groups is 1. The summed E-state index contributed by atoms with van der Waals surface area (Å²) in [4.78, 5) is 20.5. The number of carbonyl (C=O) groups excluding carboxylic acids is 1. The molecule has 104 valence electrons. The van der Waals surface area contributed by atoms with Gasteiger partial charge in [0.15, 0.2) is 5.69 Å². The highest BCUT2D eigenvalue weighted by Gasteiger charge is 2.18. The van der Waals surface area contributed by atoms with Crippen LogP contribution in [0.5, 0.6) is 0 Å². The molecule has 0 saturated heterocycles. The molecule has 2 heterocycles. The lowest BCUT2D eigenvalue weighted by Gasteiger charge is -2.01. The first-order chi connectivity index (χ1) is 10.2. The molecule has 0 aliphatic heterocycles. The van der Waals surface area contributed by atoms with Gasteiger partial charge in [0.1, 0.15) is 11.6 Å². The van der Waals surface area contributed by atoms with E-state index in [1.54, 1.807) is 31.3 Å². The van der Waals surface area contributed by atoms with Crippen LogP contribution in [0, 0.1) is 6.92 Å². The second-order valence-electron chi connectivity index (χ2n) is 4.46. The van der Waals surface area contributed by atoms with Crippen LogP contribution in [0.1, 0.15) is 16.2 Å². The minimum absolute atomic E-state index is 0.263. The molecule has 0 fully saturated rings. The summed E-state index contributed by atoms with van der Waals surface area (Å²) in [6.07, 6.45) is 1.61. The molecule has 21 heavy (non-hydrogen) atoms. The van der Waals surface area contributed by atoms with Crippen LogP contribution in [-0.2, 0) is 0 Å². The van der Waals surface area contributed by atoms with Gasteiger partial charge in [0.2, 0.25) is 5.89 Å². The molecule has 2 aromatic heterocycles. The quantitative estimate of drug-likeness (QED) is 0.798. The van der Waals surface area contributed by atoms with E-state index in [9.17, 15) is 4.79 Å². The molecule has 1 amide bonds. The maximum absolute atomic E-state index is 12.2. The predicted molar refractivity (Wildman–Crippen MR) is 78.9 cm³/mol. The summed E-state index contributed by atoms with van der Waals surface area (Å²) < 4.78 is 5.57. The number of amides is 1. The monoisotopic (exact) mass is 279 g/mol. The number of hydrogen-bond acceptors (Lipinski definition) is 4. The van der Waals surface area contributed by atoms with Crippen LogP contribution in [0.2, 0.25) is 0 Å². The van der Waals surface area contributed by atoms with E-state index in [0.717, 1.165) is 5.56 Å². The van der Waals surface area contributed by atoms with Crippen molar-refractivity contribution < 1.29 is 9.21 Å². The van der Waals surface area contributed by atoms with E-state index in [1.165, 1.54) is 0 Å². The number of oxazole rings is 1. The van der Waals surface area contributed by atoms with Crippen molar-refractivity contribution in [1.29, 1.82) is 0 Å². The Kier molecular flexibility index (Phi) is 3.47. The molecule has 0 radical (unpaired) electrons. The van der Waals surface area contributed by atoms with Crippen LogP contribution in [0.3, 0.4) is 0 Å². The van der Waals surface area contributed by atoms with Gasteiger partial charge < -0.3 is 9.73 Å². The Balaban J connectivity index is 1.86. The van der Waals surface area contributed by atoms with Crippen LogP contribution in [-0.4, -0.2) is 15.9 Å². The smallest absolute Gasteiger partial charge is 0.279 e. The molecule has 0 spiro atoms. The second-order valence-corrected chi connectivity index (χ2v) is 4.46. The summed E-state index contributed by atoms with van der Waals surface area (Å²) in [5, 5.41) is 2.69. The first-order valence-corrected chi connectivity index (χ1v) is 6.49. The molecule has 5 nitrogen and oxygen atoms in total. The zero-order valence-corrected chi connectivity index (χ0v) is 11.4. The van der Waals surface area contributed by atoms with Gasteiger partial charge in [-0.25, -0.2) is 9.97 Å². The summed E-state index contributed by atoms with van der Waals surface area (Å²) in [5.41, 5.74) is 1.09. The number of pyridine rings is 1. The average molecular weight is 279 g/mol. The van der Waals surface area contributed by atoms with Gasteiger partial charge in [-0.3, -0.25) is 4.79 Å². The second kappa shape index (κ2) is 5.58. The third kappa shape index (κ3) is 2.81. The molecule has 0 saturated carbocycles. The Morgan fingerprint density at radius 2 is 1.86 bits per heavy atom. The van der Waals surface area contributed by atoms with E-state index in [1.807, 2.05) is 30.3 Å². The number of nitrogens with one attached hydrogen (secondary N) is 1. The number of aryl methyl sites for hydroxylation is 1. The maximum atomic E-state index is 12.2. The Morgan fingerprint density at radius 3 is 2.57 bits per heavy atom. The standard InChI is InChI=1S/C16H13N3O2/c1-11-14(15(20)18-13-9-5-6-10-17-13)19-16(21-11)12-7-3-2-4-8-12/h2-10H,1H3,(H,17,18,20). The third-order valence-corrected chi connectivity index (χ3v) is 2.94. The first kappa shape index (κ1) is 13.1. The van der Waals surface area contributed by atoms with Gasteiger partial charge in [0, 0.05) is 11.8 Å². The van der Waals surface area contributed by atoms with Gasteiger partial charge >= 0.3 is 0 Å². The summed E-state index contributed by atoms with van der Waals surface area (Å²) in [6.45, 7) is 1.72. The predicted octanol–water partition coefficient (Wildman–Crippen LogP) is 3.30. The minimum atomic E-state index is -0.336. The minimum Gasteiger partial charge on any atom is -0.441 e. The highest BCUT2D eigenvalue weighted by atomic mass is 16.4. The van der Waals surface area contributed by atoms with Crippen LogP contribution >= 0.6 is 0 Å². The van der Waals surface area contributed by atoms with Crippen LogP contribution in [0.15, 0.2) is 59.1 Å². The maximum Gasteiger partial charge on any atom is 0.279 e. The van der Waals surface area contributed by atoms with Crippen molar-refractivity contribution in [3.63, 3.8) is 0 Å². The van der Waals surface area contributed by atoms with E-state index in [4.69, 9.17) is 4.42 Å². The fourth-order valence-corrected chi connectivity index (χ4v) is 1.92. The highest BCUT2D eigenvalue weighted by molar-refractivity contribution is 6.03. The molecule has 0 bridgehead atoms. The van der Waals surface area contributed by atoms with Crippen molar-refractivity contribution in [2.24, 2.45) is 0 Å². The van der Waals surface area contributed by atoms with Crippen LogP contribution in [0.25, 0.3) is 11.5 Å². The SMILES string of the molecule is Cc1oc(-c2ccccc2)nc1C(=O)Nc1ccccn1. The van der Waals surface area contributed by atoms with Gasteiger partial charge in [0.05, 0.1) is 0 Å². The molecule has 1 aromatic carbocycles. The third-order valence-electron chi connectivity index (χ3n) is 2.94. The highest BCUT2D eigenvalue weighted by Crippen LogP contribution is 2.21. The normalized spacial score (nSPS) is 10.3. The van der Waals surface area contributed by atoms with Gasteiger partial charge in [-0.05, 0) is 31.2 Å². The molecular formula is C16H13N3O2. The number of rotatable bonds is 3. The van der Waals surface area contributed by atoms with E-state index >= 15 is 0 Å². The molecule has 3 rings (SSSR count). The fourth-order valence-electron chi connectivity index (χ4n) is 1.92. The van der Waals surface area contributed by atoms with Gasteiger partial charge in [-0.2, -0.15) is 0 Å². The Bertz CT molecular complexity index is 752. The Labute approximate surface area is 121 Å². The lowest BCUT2D eigenvalue weighted by Crippen LogP contribution is -2.14. The number of aromatic nitrogens is 2. The zero-order chi connectivity index (χ0) is 14.7. The lowest BCUT2D eigenvalue weighted by atomic mass is 10.2. The van der Waals surface area contributed by atoms with Crippen molar-refractivity contribution in [2.75, 3.05) is 5.32 Å². The molecule has 0 aliphatic carbocycles. The number of hydrogen-bond donors (Lipinski definition) is 1. The van der Waals surface area contributed by atoms with E-state index in [0.29, 0.717) is 17.5 Å². The molecule has 0 aliphatic rings.